The first-order valence-corrected chi connectivity index (χ1v) is 9.75. The number of nitrogens with one attached hydrogen (secondary N) is 1. The highest BCUT2D eigenvalue weighted by molar-refractivity contribution is 6.03. The van der Waals surface area contributed by atoms with E-state index < -0.39 is 0 Å². The van der Waals surface area contributed by atoms with E-state index in [1.165, 1.54) is 31.2 Å². The number of benzene rings is 1. The molecule has 26 heavy (non-hydrogen) atoms. The van der Waals surface area contributed by atoms with Gasteiger partial charge in [0.2, 0.25) is 0 Å². The summed E-state index contributed by atoms with van der Waals surface area (Å²) in [5, 5.41) is 7.53. The number of amides is 1. The van der Waals surface area contributed by atoms with Gasteiger partial charge in [0.15, 0.2) is 0 Å². The number of carbonyl (C=O) groups is 1. The Hall–Kier alpha value is -2.14. The van der Waals surface area contributed by atoms with Gasteiger partial charge in [-0.15, -0.1) is 0 Å². The van der Waals surface area contributed by atoms with Crippen LogP contribution in [-0.2, 0) is 13.6 Å². The fraction of sp³-hybridized carbons (Fsp3) is 0.524. The first-order valence-electron chi connectivity index (χ1n) is 9.75. The molecular weight excluding hydrogens is 324 g/mol. The Morgan fingerprint density at radius 2 is 2.12 bits per heavy atom. The van der Waals surface area contributed by atoms with E-state index in [2.05, 4.69) is 28.3 Å². The van der Waals surface area contributed by atoms with Crippen molar-refractivity contribution in [2.75, 3.05) is 18.4 Å². The van der Waals surface area contributed by atoms with E-state index in [-0.39, 0.29) is 5.91 Å². The van der Waals surface area contributed by atoms with Crippen molar-refractivity contribution >= 4 is 11.7 Å². The molecule has 2 aromatic rings. The van der Waals surface area contributed by atoms with Crippen molar-refractivity contribution in [3.05, 3.63) is 47.2 Å². The molecular formula is C21H28N4O. The number of rotatable bonds is 5. The summed E-state index contributed by atoms with van der Waals surface area (Å²) in [5.74, 6) is 2.05. The van der Waals surface area contributed by atoms with Crippen LogP contribution in [0.2, 0.25) is 0 Å². The van der Waals surface area contributed by atoms with Crippen molar-refractivity contribution < 1.29 is 4.79 Å². The van der Waals surface area contributed by atoms with Gasteiger partial charge in [-0.2, -0.15) is 5.10 Å². The topological polar surface area (TPSA) is 50.2 Å². The van der Waals surface area contributed by atoms with Crippen LogP contribution in [0.15, 0.2) is 30.3 Å². The van der Waals surface area contributed by atoms with Crippen molar-refractivity contribution in [2.24, 2.45) is 13.0 Å². The van der Waals surface area contributed by atoms with Gasteiger partial charge in [-0.3, -0.25) is 14.4 Å². The van der Waals surface area contributed by atoms with Crippen molar-refractivity contribution in [2.45, 2.75) is 45.1 Å². The molecule has 5 heteroatoms. The maximum absolute atomic E-state index is 12.7. The van der Waals surface area contributed by atoms with Crippen LogP contribution in [0.1, 0.15) is 60.1 Å². The third-order valence-electron chi connectivity index (χ3n) is 5.47. The second-order valence-corrected chi connectivity index (χ2v) is 7.99. The average molecular weight is 352 g/mol. The maximum Gasteiger partial charge on any atom is 0.256 e. The summed E-state index contributed by atoms with van der Waals surface area (Å²) >= 11 is 0. The Kier molecular flexibility index (Phi) is 4.81. The number of hydrogen-bond donors (Lipinski definition) is 1. The van der Waals surface area contributed by atoms with E-state index in [0.717, 1.165) is 37.1 Å². The lowest BCUT2D eigenvalue weighted by Gasteiger charge is -2.30. The molecule has 1 aromatic heterocycles. The first kappa shape index (κ1) is 17.3. The molecule has 2 fully saturated rings. The number of piperidine rings is 1. The summed E-state index contributed by atoms with van der Waals surface area (Å²) in [5.41, 5.74) is 3.01. The summed E-state index contributed by atoms with van der Waals surface area (Å²) < 4.78 is 1.77. The van der Waals surface area contributed by atoms with Crippen molar-refractivity contribution in [1.82, 2.24) is 14.7 Å². The standard InChI is InChI=1S/C21H28N4O/c1-15-5-4-10-25(13-15)14-16-6-3-7-18(11-16)21(26)22-20-12-19(17-8-9-17)23-24(20)2/h3,6-7,11-12,15,17H,4-5,8-10,13-14H2,1-2H3,(H,22,26)/t15-/m0/s1. The van der Waals surface area contributed by atoms with Crippen molar-refractivity contribution in [3.8, 4) is 0 Å². The monoisotopic (exact) mass is 352 g/mol. The molecule has 1 saturated carbocycles. The molecule has 2 aliphatic rings. The minimum absolute atomic E-state index is 0.0655. The molecule has 1 atom stereocenters. The zero-order valence-electron chi connectivity index (χ0n) is 15.7. The Bertz CT molecular complexity index is 793. The molecule has 2 heterocycles. The third kappa shape index (κ3) is 3.98. The summed E-state index contributed by atoms with van der Waals surface area (Å²) in [6, 6.07) is 10.0. The van der Waals surface area contributed by atoms with Gasteiger partial charge in [0.25, 0.3) is 5.91 Å². The smallest absolute Gasteiger partial charge is 0.256 e. The van der Waals surface area contributed by atoms with Gasteiger partial charge in [-0.25, -0.2) is 0 Å². The number of aromatic nitrogens is 2. The fourth-order valence-corrected chi connectivity index (χ4v) is 3.87. The number of anilines is 1. The van der Waals surface area contributed by atoms with E-state index in [4.69, 9.17) is 0 Å². The summed E-state index contributed by atoms with van der Waals surface area (Å²) in [6.45, 7) is 5.54. The van der Waals surface area contributed by atoms with Crippen molar-refractivity contribution in [1.29, 1.82) is 0 Å². The molecule has 138 valence electrons. The predicted octanol–water partition coefficient (Wildman–Crippen LogP) is 3.78. The lowest BCUT2D eigenvalue weighted by Crippen LogP contribution is -2.33. The Morgan fingerprint density at radius 3 is 2.88 bits per heavy atom. The number of nitrogens with zero attached hydrogens (tertiary/aromatic N) is 3. The molecule has 1 aliphatic carbocycles. The molecule has 0 bridgehead atoms. The van der Waals surface area contributed by atoms with Gasteiger partial charge < -0.3 is 5.32 Å². The molecule has 0 spiro atoms. The normalized spacial score (nSPS) is 20.9. The van der Waals surface area contributed by atoms with E-state index in [9.17, 15) is 4.79 Å². The van der Waals surface area contributed by atoms with Crippen LogP contribution in [0, 0.1) is 5.92 Å². The average Bonchev–Trinajstić information content (AvgIpc) is 3.40. The number of hydrogen-bond acceptors (Lipinski definition) is 3. The van der Waals surface area contributed by atoms with Crippen LogP contribution in [0.4, 0.5) is 5.82 Å². The highest BCUT2D eigenvalue weighted by Gasteiger charge is 2.27. The summed E-state index contributed by atoms with van der Waals surface area (Å²) in [6.07, 6.45) is 5.01. The number of carbonyl (C=O) groups excluding carboxylic acids is 1. The van der Waals surface area contributed by atoms with E-state index >= 15 is 0 Å². The third-order valence-corrected chi connectivity index (χ3v) is 5.47. The van der Waals surface area contributed by atoms with Gasteiger partial charge in [-0.05, 0) is 55.8 Å². The van der Waals surface area contributed by atoms with E-state index in [1.807, 2.05) is 31.3 Å². The maximum atomic E-state index is 12.7. The largest absolute Gasteiger partial charge is 0.307 e. The minimum Gasteiger partial charge on any atom is -0.307 e. The highest BCUT2D eigenvalue weighted by atomic mass is 16.1. The predicted molar refractivity (Wildman–Crippen MR) is 103 cm³/mol. The van der Waals surface area contributed by atoms with Crippen LogP contribution in [-0.4, -0.2) is 33.7 Å². The lowest BCUT2D eigenvalue weighted by atomic mass is 9.99. The number of aryl methyl sites for hydroxylation is 1. The van der Waals surface area contributed by atoms with Crippen LogP contribution >= 0.6 is 0 Å². The minimum atomic E-state index is -0.0655. The van der Waals surface area contributed by atoms with Gasteiger partial charge in [0.05, 0.1) is 5.69 Å². The quantitative estimate of drug-likeness (QED) is 0.891. The van der Waals surface area contributed by atoms with Gasteiger partial charge in [0, 0.05) is 37.7 Å². The molecule has 1 aromatic carbocycles. The Balaban J connectivity index is 1.43. The van der Waals surface area contributed by atoms with Crippen molar-refractivity contribution in [3.63, 3.8) is 0 Å². The second-order valence-electron chi connectivity index (χ2n) is 7.99. The molecule has 5 nitrogen and oxygen atoms in total. The molecule has 0 unspecified atom stereocenters. The molecule has 1 N–H and O–H groups in total. The molecule has 0 radical (unpaired) electrons. The summed E-state index contributed by atoms with van der Waals surface area (Å²) in [4.78, 5) is 15.2. The van der Waals surface area contributed by atoms with Gasteiger partial charge >= 0.3 is 0 Å². The van der Waals surface area contributed by atoms with Gasteiger partial charge in [-0.1, -0.05) is 19.1 Å². The fourth-order valence-electron chi connectivity index (χ4n) is 3.87. The van der Waals surface area contributed by atoms with Crippen LogP contribution < -0.4 is 5.32 Å². The second kappa shape index (κ2) is 7.23. The zero-order valence-corrected chi connectivity index (χ0v) is 15.7. The molecule has 1 saturated heterocycles. The molecule has 1 aliphatic heterocycles. The zero-order chi connectivity index (χ0) is 18.1. The Labute approximate surface area is 155 Å². The lowest BCUT2D eigenvalue weighted by molar-refractivity contribution is 0.102. The molecule has 1 amide bonds. The van der Waals surface area contributed by atoms with E-state index in [1.54, 1.807) is 4.68 Å². The van der Waals surface area contributed by atoms with Crippen LogP contribution in [0.3, 0.4) is 0 Å². The van der Waals surface area contributed by atoms with Crippen LogP contribution in [0.25, 0.3) is 0 Å². The molecule has 4 rings (SSSR count). The highest BCUT2D eigenvalue weighted by Crippen LogP contribution is 2.39. The Morgan fingerprint density at radius 1 is 1.27 bits per heavy atom. The van der Waals surface area contributed by atoms with E-state index in [0.29, 0.717) is 11.5 Å². The first-order chi connectivity index (χ1) is 12.6. The summed E-state index contributed by atoms with van der Waals surface area (Å²) in [7, 11) is 1.88. The number of likely N-dealkylation sites (tertiary alicyclic amines) is 1. The van der Waals surface area contributed by atoms with Gasteiger partial charge in [0.1, 0.15) is 5.82 Å². The van der Waals surface area contributed by atoms with Crippen LogP contribution in [0.5, 0.6) is 0 Å². The SMILES string of the molecule is C[C@H]1CCCN(Cc2cccc(C(=O)Nc3cc(C4CC4)nn3C)c2)C1.